The maximum atomic E-state index is 12.4. The van der Waals surface area contributed by atoms with Crippen LogP contribution in [0, 0.1) is 0 Å². The molecule has 1 N–H and O–H groups in total. The zero-order valence-electron chi connectivity index (χ0n) is 11.2. The van der Waals surface area contributed by atoms with Crippen LogP contribution in [-0.4, -0.2) is 44.0 Å². The van der Waals surface area contributed by atoms with E-state index in [9.17, 15) is 9.59 Å². The Balaban J connectivity index is 2.14. The first-order chi connectivity index (χ1) is 9.13. The van der Waals surface area contributed by atoms with Gasteiger partial charge in [-0.05, 0) is 11.1 Å². The van der Waals surface area contributed by atoms with Crippen molar-refractivity contribution in [3.05, 3.63) is 35.4 Å². The van der Waals surface area contributed by atoms with Crippen molar-refractivity contribution in [1.82, 2.24) is 10.2 Å². The van der Waals surface area contributed by atoms with Gasteiger partial charge in [-0.15, -0.1) is 0 Å². The molecule has 19 heavy (non-hydrogen) atoms. The second kappa shape index (κ2) is 5.84. The van der Waals surface area contributed by atoms with Crippen molar-refractivity contribution in [1.29, 1.82) is 0 Å². The van der Waals surface area contributed by atoms with Gasteiger partial charge in [0.15, 0.2) is 0 Å². The largest absolute Gasteiger partial charge is 0.468 e. The first-order valence-electron chi connectivity index (χ1n) is 6.23. The molecule has 0 aliphatic carbocycles. The third kappa shape index (κ3) is 2.93. The maximum Gasteiger partial charge on any atom is 0.325 e. The van der Waals surface area contributed by atoms with Gasteiger partial charge in [-0.1, -0.05) is 24.3 Å². The van der Waals surface area contributed by atoms with E-state index < -0.39 is 5.97 Å². The number of hydrogen-bond acceptors (Lipinski definition) is 4. The minimum atomic E-state index is -0.409. The van der Waals surface area contributed by atoms with E-state index in [-0.39, 0.29) is 18.4 Å². The Kier molecular flexibility index (Phi) is 4.16. The van der Waals surface area contributed by atoms with Crippen LogP contribution in [-0.2, 0) is 20.9 Å². The number of esters is 1. The fourth-order valence-corrected chi connectivity index (χ4v) is 2.32. The number of carbonyl (C=O) groups is 2. The molecule has 1 aromatic carbocycles. The topological polar surface area (TPSA) is 58.6 Å². The van der Waals surface area contributed by atoms with E-state index in [0.29, 0.717) is 6.54 Å². The molecule has 0 saturated carbocycles. The van der Waals surface area contributed by atoms with E-state index in [1.807, 2.05) is 24.3 Å². The number of ether oxygens (including phenoxy) is 1. The molecule has 0 aromatic heterocycles. The zero-order chi connectivity index (χ0) is 13.8. The SMILES string of the molecule is COC(=O)CN(C)C(=O)C1CNCc2ccccc21. The van der Waals surface area contributed by atoms with Gasteiger partial charge >= 0.3 is 5.97 Å². The second-order valence-corrected chi connectivity index (χ2v) is 4.65. The van der Waals surface area contributed by atoms with E-state index in [1.54, 1.807) is 7.05 Å². The summed E-state index contributed by atoms with van der Waals surface area (Å²) in [6, 6.07) is 7.89. The average Bonchev–Trinajstić information content (AvgIpc) is 2.45. The van der Waals surface area contributed by atoms with Crippen LogP contribution in [0.3, 0.4) is 0 Å². The molecule has 1 aromatic rings. The first kappa shape index (κ1) is 13.5. The van der Waals surface area contributed by atoms with Crippen molar-refractivity contribution in [2.45, 2.75) is 12.5 Å². The summed E-state index contributed by atoms with van der Waals surface area (Å²) < 4.78 is 4.58. The van der Waals surface area contributed by atoms with Gasteiger partial charge in [-0.25, -0.2) is 0 Å². The molecular weight excluding hydrogens is 244 g/mol. The van der Waals surface area contributed by atoms with Gasteiger partial charge in [0.2, 0.25) is 5.91 Å². The van der Waals surface area contributed by atoms with Crippen LogP contribution in [0.1, 0.15) is 17.0 Å². The molecule has 2 rings (SSSR count). The lowest BCUT2D eigenvalue weighted by Crippen LogP contribution is -2.41. The summed E-state index contributed by atoms with van der Waals surface area (Å²) in [5.74, 6) is -0.711. The summed E-state index contributed by atoms with van der Waals surface area (Å²) in [6.07, 6.45) is 0. The summed E-state index contributed by atoms with van der Waals surface area (Å²) >= 11 is 0. The highest BCUT2D eigenvalue weighted by Gasteiger charge is 2.29. The van der Waals surface area contributed by atoms with Gasteiger partial charge in [0, 0.05) is 20.1 Å². The fourth-order valence-electron chi connectivity index (χ4n) is 2.32. The van der Waals surface area contributed by atoms with Crippen LogP contribution in [0.5, 0.6) is 0 Å². The lowest BCUT2D eigenvalue weighted by molar-refractivity contribution is -0.146. The second-order valence-electron chi connectivity index (χ2n) is 4.65. The quantitative estimate of drug-likeness (QED) is 0.806. The minimum absolute atomic E-state index is 0.0198. The summed E-state index contributed by atoms with van der Waals surface area (Å²) in [7, 11) is 2.94. The van der Waals surface area contributed by atoms with Gasteiger partial charge < -0.3 is 15.0 Å². The van der Waals surface area contributed by atoms with Crippen molar-refractivity contribution >= 4 is 11.9 Å². The number of fused-ring (bicyclic) bond motifs is 1. The zero-order valence-corrected chi connectivity index (χ0v) is 11.2. The highest BCUT2D eigenvalue weighted by Crippen LogP contribution is 2.25. The number of benzene rings is 1. The Morgan fingerprint density at radius 1 is 1.42 bits per heavy atom. The molecule has 1 atom stereocenters. The molecule has 5 heteroatoms. The van der Waals surface area contributed by atoms with Crippen molar-refractivity contribution in [2.24, 2.45) is 0 Å². The van der Waals surface area contributed by atoms with Crippen molar-refractivity contribution in [3.63, 3.8) is 0 Å². The Hall–Kier alpha value is -1.88. The number of rotatable bonds is 3. The standard InChI is InChI=1S/C14H18N2O3/c1-16(9-13(17)19-2)14(18)12-8-15-7-10-5-3-4-6-11(10)12/h3-6,12,15H,7-9H2,1-2H3. The summed E-state index contributed by atoms with van der Waals surface area (Å²) in [4.78, 5) is 25.0. The highest BCUT2D eigenvalue weighted by molar-refractivity contribution is 5.87. The molecule has 1 aliphatic rings. The molecule has 0 fully saturated rings. The Bertz CT molecular complexity index is 487. The smallest absolute Gasteiger partial charge is 0.325 e. The summed E-state index contributed by atoms with van der Waals surface area (Å²) in [6.45, 7) is 1.36. The van der Waals surface area contributed by atoms with Crippen LogP contribution in [0.2, 0.25) is 0 Å². The molecule has 1 amide bonds. The van der Waals surface area contributed by atoms with E-state index >= 15 is 0 Å². The van der Waals surface area contributed by atoms with E-state index in [0.717, 1.165) is 17.7 Å². The van der Waals surface area contributed by atoms with Gasteiger partial charge in [-0.2, -0.15) is 0 Å². The van der Waals surface area contributed by atoms with E-state index in [4.69, 9.17) is 0 Å². The Labute approximate surface area is 112 Å². The third-order valence-corrected chi connectivity index (χ3v) is 3.36. The monoisotopic (exact) mass is 262 g/mol. The van der Waals surface area contributed by atoms with Gasteiger partial charge in [0.25, 0.3) is 0 Å². The normalized spacial score (nSPS) is 17.5. The predicted molar refractivity (Wildman–Crippen MR) is 70.5 cm³/mol. The predicted octanol–water partition coefficient (Wildman–Crippen LogP) is 0.505. The van der Waals surface area contributed by atoms with Crippen LogP contribution in [0.4, 0.5) is 0 Å². The molecule has 0 saturated heterocycles. The molecule has 1 aliphatic heterocycles. The van der Waals surface area contributed by atoms with E-state index in [2.05, 4.69) is 10.1 Å². The molecule has 1 unspecified atom stereocenters. The lowest BCUT2D eigenvalue weighted by atomic mass is 9.90. The number of nitrogens with one attached hydrogen (secondary N) is 1. The summed E-state index contributed by atoms with van der Waals surface area (Å²) in [5.41, 5.74) is 2.18. The average molecular weight is 262 g/mol. The molecule has 102 valence electrons. The molecule has 0 bridgehead atoms. The highest BCUT2D eigenvalue weighted by atomic mass is 16.5. The van der Waals surface area contributed by atoms with Crippen molar-refractivity contribution in [2.75, 3.05) is 27.2 Å². The van der Waals surface area contributed by atoms with Crippen molar-refractivity contribution < 1.29 is 14.3 Å². The Morgan fingerprint density at radius 2 is 2.16 bits per heavy atom. The van der Waals surface area contributed by atoms with Gasteiger partial charge in [0.1, 0.15) is 6.54 Å². The lowest BCUT2D eigenvalue weighted by Gasteiger charge is -2.28. The number of amides is 1. The van der Waals surface area contributed by atoms with Crippen LogP contribution >= 0.6 is 0 Å². The minimum Gasteiger partial charge on any atom is -0.468 e. The Morgan fingerprint density at radius 3 is 2.89 bits per heavy atom. The number of methoxy groups -OCH3 is 1. The summed E-state index contributed by atoms with van der Waals surface area (Å²) in [5, 5.41) is 3.23. The van der Waals surface area contributed by atoms with Crippen molar-refractivity contribution in [3.8, 4) is 0 Å². The van der Waals surface area contributed by atoms with Crippen LogP contribution in [0.25, 0.3) is 0 Å². The first-order valence-corrected chi connectivity index (χ1v) is 6.23. The number of nitrogens with zero attached hydrogens (tertiary/aromatic N) is 1. The molecule has 0 radical (unpaired) electrons. The molecule has 0 spiro atoms. The number of likely N-dealkylation sites (N-methyl/N-ethyl adjacent to an activating group) is 1. The fraction of sp³-hybridized carbons (Fsp3) is 0.429. The number of hydrogen-bond donors (Lipinski definition) is 1. The molecule has 1 heterocycles. The van der Waals surface area contributed by atoms with Gasteiger partial charge in [0.05, 0.1) is 13.0 Å². The van der Waals surface area contributed by atoms with Crippen LogP contribution < -0.4 is 5.32 Å². The number of carbonyl (C=O) groups excluding carboxylic acids is 2. The maximum absolute atomic E-state index is 12.4. The molecular formula is C14H18N2O3. The third-order valence-electron chi connectivity index (χ3n) is 3.36. The molecule has 5 nitrogen and oxygen atoms in total. The van der Waals surface area contributed by atoms with Crippen LogP contribution in [0.15, 0.2) is 24.3 Å². The van der Waals surface area contributed by atoms with E-state index in [1.165, 1.54) is 12.0 Å². The van der Waals surface area contributed by atoms with Gasteiger partial charge in [-0.3, -0.25) is 9.59 Å².